The molecule has 2 unspecified atom stereocenters. The van der Waals surface area contributed by atoms with Crippen LogP contribution in [0.25, 0.3) is 0 Å². The van der Waals surface area contributed by atoms with E-state index in [0.717, 1.165) is 32.1 Å². The first kappa shape index (κ1) is 77.0. The highest BCUT2D eigenvalue weighted by Crippen LogP contribution is 2.38. The molecule has 0 amide bonds. The molecule has 0 saturated heterocycles. The summed E-state index contributed by atoms with van der Waals surface area (Å²) in [5.74, 6) is -0.809. The molecular weight excluding hydrogens is 990 g/mol. The molecule has 0 heterocycles. The van der Waals surface area contributed by atoms with E-state index in [9.17, 15) is 19.0 Å². The van der Waals surface area contributed by atoms with Crippen molar-refractivity contribution < 1.29 is 42.1 Å². The largest absolute Gasteiger partial charge is 0.756 e. The predicted octanol–water partition coefficient (Wildman–Crippen LogP) is 21.5. The lowest BCUT2D eigenvalue weighted by molar-refractivity contribution is -0.870. The van der Waals surface area contributed by atoms with Crippen LogP contribution in [0.15, 0.2) is 0 Å². The number of carbonyl (C=O) groups is 2. The smallest absolute Gasteiger partial charge is 0.306 e. The van der Waals surface area contributed by atoms with Crippen LogP contribution in [0.3, 0.4) is 0 Å². The lowest BCUT2D eigenvalue weighted by Crippen LogP contribution is -2.37. The number of quaternary nitrogens is 1. The molecule has 0 spiro atoms. The Balaban J connectivity index is 3.80. The monoisotopic (exact) mass is 1130 g/mol. The van der Waals surface area contributed by atoms with Crippen molar-refractivity contribution in [1.29, 1.82) is 0 Å². The molecule has 0 aliphatic carbocycles. The first-order valence-electron chi connectivity index (χ1n) is 34.7. The molecule has 0 saturated carbocycles. The van der Waals surface area contributed by atoms with Gasteiger partial charge in [0.1, 0.15) is 19.8 Å². The standard InChI is InChI=1S/C68H136NO8P/c1-6-8-10-12-14-16-18-20-22-23-24-25-26-27-28-29-30-31-32-33-34-35-36-37-38-39-40-41-42-43-44-45-46-47-49-51-53-55-57-59-61-68(71)77-66(65-76-78(72,73)75-63-62-69(3,4)5)64-74-67(70)60-58-56-54-52-50-48-21-19-17-15-13-11-9-7-2/h66H,6-65H2,1-5H3. The van der Waals surface area contributed by atoms with E-state index in [1.54, 1.807) is 0 Å². The van der Waals surface area contributed by atoms with Gasteiger partial charge < -0.3 is 27.9 Å². The minimum Gasteiger partial charge on any atom is -0.756 e. The van der Waals surface area contributed by atoms with Gasteiger partial charge in [-0.05, 0) is 12.8 Å². The molecule has 0 rings (SSSR count). The molecule has 78 heavy (non-hydrogen) atoms. The summed E-state index contributed by atoms with van der Waals surface area (Å²) >= 11 is 0. The van der Waals surface area contributed by atoms with Crippen molar-refractivity contribution in [3.8, 4) is 0 Å². The average Bonchev–Trinajstić information content (AvgIpc) is 3.41. The van der Waals surface area contributed by atoms with E-state index in [-0.39, 0.29) is 32.0 Å². The van der Waals surface area contributed by atoms with Gasteiger partial charge in [-0.15, -0.1) is 0 Å². The number of hydrogen-bond donors (Lipinski definition) is 0. The summed E-state index contributed by atoms with van der Waals surface area (Å²) in [7, 11) is 1.19. The molecule has 10 heteroatoms. The van der Waals surface area contributed by atoms with E-state index in [1.807, 2.05) is 21.1 Å². The van der Waals surface area contributed by atoms with Crippen molar-refractivity contribution >= 4 is 19.8 Å². The lowest BCUT2D eigenvalue weighted by atomic mass is 10.0. The second kappa shape index (κ2) is 60.6. The van der Waals surface area contributed by atoms with Crippen molar-refractivity contribution in [2.24, 2.45) is 0 Å². The number of hydrogen-bond acceptors (Lipinski definition) is 8. The minimum atomic E-state index is -4.63. The lowest BCUT2D eigenvalue weighted by Gasteiger charge is -2.28. The number of phosphoric acid groups is 1. The van der Waals surface area contributed by atoms with Crippen LogP contribution < -0.4 is 4.89 Å². The summed E-state index contributed by atoms with van der Waals surface area (Å²) in [4.78, 5) is 37.9. The molecule has 0 aromatic rings. The topological polar surface area (TPSA) is 111 Å². The Morgan fingerprint density at radius 3 is 0.821 bits per heavy atom. The van der Waals surface area contributed by atoms with Crippen LogP contribution in [0.5, 0.6) is 0 Å². The average molecular weight is 1130 g/mol. The van der Waals surface area contributed by atoms with Crippen LogP contribution in [0, 0.1) is 0 Å². The number of unbranched alkanes of at least 4 members (excludes halogenated alkanes) is 52. The zero-order chi connectivity index (χ0) is 57.0. The molecule has 0 N–H and O–H groups in total. The van der Waals surface area contributed by atoms with Crippen molar-refractivity contribution in [1.82, 2.24) is 0 Å². The normalized spacial score (nSPS) is 13.1. The summed E-state index contributed by atoms with van der Waals surface area (Å²) in [6.07, 6.45) is 72.2. The van der Waals surface area contributed by atoms with E-state index in [1.165, 1.54) is 308 Å². The van der Waals surface area contributed by atoms with Gasteiger partial charge in [0.15, 0.2) is 6.10 Å². The van der Waals surface area contributed by atoms with Crippen molar-refractivity contribution in [3.05, 3.63) is 0 Å². The van der Waals surface area contributed by atoms with Crippen molar-refractivity contribution in [2.45, 2.75) is 380 Å². The van der Waals surface area contributed by atoms with E-state index in [2.05, 4.69) is 13.8 Å². The zero-order valence-corrected chi connectivity index (χ0v) is 54.1. The highest BCUT2D eigenvalue weighted by Gasteiger charge is 2.22. The Bertz CT molecular complexity index is 1280. The molecule has 0 aliphatic heterocycles. The first-order chi connectivity index (χ1) is 38.0. The second-order valence-corrected chi connectivity index (χ2v) is 26.7. The van der Waals surface area contributed by atoms with Crippen LogP contribution in [0.1, 0.15) is 373 Å². The van der Waals surface area contributed by atoms with Crippen LogP contribution in [0.2, 0.25) is 0 Å². The number of rotatable bonds is 66. The fourth-order valence-electron chi connectivity index (χ4n) is 10.8. The summed E-state index contributed by atoms with van der Waals surface area (Å²) in [5, 5.41) is 0. The van der Waals surface area contributed by atoms with Gasteiger partial charge in [0.05, 0.1) is 27.7 Å². The molecular formula is C68H136NO8P. The molecule has 0 bridgehead atoms. The van der Waals surface area contributed by atoms with E-state index >= 15 is 0 Å². The van der Waals surface area contributed by atoms with Crippen molar-refractivity contribution in [2.75, 3.05) is 47.5 Å². The molecule has 9 nitrogen and oxygen atoms in total. The third kappa shape index (κ3) is 64.2. The maximum atomic E-state index is 12.8. The second-order valence-electron chi connectivity index (χ2n) is 25.3. The third-order valence-corrected chi connectivity index (χ3v) is 17.1. The highest BCUT2D eigenvalue weighted by molar-refractivity contribution is 7.45. The maximum absolute atomic E-state index is 12.8. The van der Waals surface area contributed by atoms with Gasteiger partial charge in [-0.1, -0.05) is 348 Å². The Kier molecular flexibility index (Phi) is 59.8. The zero-order valence-electron chi connectivity index (χ0n) is 53.2. The van der Waals surface area contributed by atoms with E-state index < -0.39 is 26.5 Å². The van der Waals surface area contributed by atoms with Crippen LogP contribution in [0.4, 0.5) is 0 Å². The summed E-state index contributed by atoms with van der Waals surface area (Å²) < 4.78 is 34.2. The Hall–Kier alpha value is -0.990. The van der Waals surface area contributed by atoms with E-state index in [0.29, 0.717) is 17.4 Å². The minimum absolute atomic E-state index is 0.0251. The molecule has 466 valence electrons. The third-order valence-electron chi connectivity index (χ3n) is 16.1. The Morgan fingerprint density at radius 1 is 0.346 bits per heavy atom. The number of carbonyl (C=O) groups excluding carboxylic acids is 2. The van der Waals surface area contributed by atoms with Gasteiger partial charge >= 0.3 is 11.9 Å². The number of likely N-dealkylation sites (N-methyl/N-ethyl adjacent to an activating group) is 1. The van der Waals surface area contributed by atoms with Gasteiger partial charge in [0.2, 0.25) is 0 Å². The maximum Gasteiger partial charge on any atom is 0.306 e. The number of nitrogens with zero attached hydrogens (tertiary/aromatic N) is 1. The number of esters is 2. The summed E-state index contributed by atoms with van der Waals surface area (Å²) in [6.45, 7) is 4.31. The van der Waals surface area contributed by atoms with Crippen LogP contribution >= 0.6 is 7.82 Å². The SMILES string of the molecule is CCCCCCCCCCCCCCCCCCCCCCCCCCCCCCCCCCCCCCCCCCC(=O)OC(COC(=O)CCCCCCCCCCCCCCCC)COP(=O)([O-])OCC[N+](C)(C)C. The highest BCUT2D eigenvalue weighted by atomic mass is 31.2. The van der Waals surface area contributed by atoms with Crippen LogP contribution in [-0.4, -0.2) is 70.0 Å². The Labute approximate surface area is 486 Å². The summed E-state index contributed by atoms with van der Waals surface area (Å²) in [5.41, 5.74) is 0. The van der Waals surface area contributed by atoms with Gasteiger partial charge in [0.25, 0.3) is 7.82 Å². The quantitative estimate of drug-likeness (QED) is 0.0256. The summed E-state index contributed by atoms with van der Waals surface area (Å²) in [6, 6.07) is 0. The fourth-order valence-corrected chi connectivity index (χ4v) is 11.5. The Morgan fingerprint density at radius 2 is 0.577 bits per heavy atom. The van der Waals surface area contributed by atoms with E-state index in [4.69, 9.17) is 18.5 Å². The number of phosphoric ester groups is 1. The number of ether oxygens (including phenoxy) is 2. The van der Waals surface area contributed by atoms with Gasteiger partial charge in [-0.3, -0.25) is 14.2 Å². The van der Waals surface area contributed by atoms with Gasteiger partial charge in [-0.2, -0.15) is 0 Å². The molecule has 0 aliphatic rings. The molecule has 0 radical (unpaired) electrons. The fraction of sp³-hybridized carbons (Fsp3) is 0.971. The molecule has 0 aromatic heterocycles. The molecule has 2 atom stereocenters. The van der Waals surface area contributed by atoms with Gasteiger partial charge in [0, 0.05) is 12.8 Å². The first-order valence-corrected chi connectivity index (χ1v) is 36.2. The predicted molar refractivity (Wildman–Crippen MR) is 333 cm³/mol. The van der Waals surface area contributed by atoms with Crippen molar-refractivity contribution in [3.63, 3.8) is 0 Å². The van der Waals surface area contributed by atoms with Crippen LogP contribution in [-0.2, 0) is 32.7 Å². The molecule has 0 fully saturated rings. The van der Waals surface area contributed by atoms with Gasteiger partial charge in [-0.25, -0.2) is 0 Å². The molecule has 0 aromatic carbocycles.